The average molecular weight is 468 g/mol. The summed E-state index contributed by atoms with van der Waals surface area (Å²) < 4.78 is 72.9. The molecule has 1 N–H and O–H groups in total. The molecule has 3 aromatic rings. The first-order valence-corrected chi connectivity index (χ1v) is 10.2. The molecule has 0 aliphatic heterocycles. The van der Waals surface area contributed by atoms with Gasteiger partial charge in [-0.1, -0.05) is 0 Å². The van der Waals surface area contributed by atoms with Crippen molar-refractivity contribution < 1.29 is 36.3 Å². The zero-order valence-corrected chi connectivity index (χ0v) is 18.0. The van der Waals surface area contributed by atoms with Gasteiger partial charge in [0.05, 0.1) is 33.2 Å². The molecule has 32 heavy (non-hydrogen) atoms. The van der Waals surface area contributed by atoms with E-state index in [0.29, 0.717) is 28.3 Å². The summed E-state index contributed by atoms with van der Waals surface area (Å²) in [6.07, 6.45) is -1.85. The molecule has 0 bridgehead atoms. The van der Waals surface area contributed by atoms with Crippen LogP contribution >= 0.6 is 0 Å². The van der Waals surface area contributed by atoms with Gasteiger partial charge in [-0.3, -0.25) is 9.71 Å². The summed E-state index contributed by atoms with van der Waals surface area (Å²) in [4.78, 5) is 4.12. The first kappa shape index (κ1) is 23.2. The van der Waals surface area contributed by atoms with Crippen LogP contribution in [0.1, 0.15) is 0 Å². The Morgan fingerprint density at radius 1 is 0.875 bits per heavy atom. The highest BCUT2D eigenvalue weighted by atomic mass is 32.2. The Labute approximate surface area is 184 Å². The van der Waals surface area contributed by atoms with Crippen LogP contribution < -0.4 is 23.7 Å². The van der Waals surface area contributed by atoms with Crippen LogP contribution in [0.25, 0.3) is 11.1 Å². The Bertz CT molecular complexity index is 1120. The lowest BCUT2D eigenvalue weighted by atomic mass is 10.1. The molecule has 170 valence electrons. The number of nitrogens with zero attached hydrogens (tertiary/aromatic N) is 1. The average Bonchev–Trinajstić information content (AvgIpc) is 2.77. The molecule has 0 saturated heterocycles. The van der Waals surface area contributed by atoms with E-state index in [2.05, 4.69) is 14.4 Å². The van der Waals surface area contributed by atoms with Gasteiger partial charge in [0.1, 0.15) is 27.9 Å². The summed E-state index contributed by atoms with van der Waals surface area (Å²) in [6, 6.07) is 10.3. The topological polar surface area (TPSA) is 78.9 Å². The number of nitrogens with one attached hydrogen (secondary N) is 1. The van der Waals surface area contributed by atoms with Crippen molar-refractivity contribution in [2.45, 2.75) is 11.3 Å². The van der Waals surface area contributed by atoms with Gasteiger partial charge in [-0.2, -0.15) is 0 Å². The van der Waals surface area contributed by atoms with Crippen LogP contribution in [-0.4, -0.2) is 36.9 Å². The Morgan fingerprint density at radius 3 is 2.25 bits per heavy atom. The third kappa shape index (κ3) is 5.61. The Balaban J connectivity index is 1.89. The third-order valence-electron chi connectivity index (χ3n) is 4.24. The van der Waals surface area contributed by atoms with E-state index >= 15 is 0 Å². The van der Waals surface area contributed by atoms with Gasteiger partial charge in [0.25, 0.3) is 0 Å². The Morgan fingerprint density at radius 2 is 1.59 bits per heavy atom. The highest BCUT2D eigenvalue weighted by molar-refractivity contribution is 7.86. The molecule has 3 rings (SSSR count). The van der Waals surface area contributed by atoms with E-state index in [1.165, 1.54) is 26.5 Å². The van der Waals surface area contributed by atoms with Crippen molar-refractivity contribution in [3.63, 3.8) is 0 Å². The second kappa shape index (κ2) is 9.77. The molecule has 1 atom stereocenters. The molecule has 11 heteroatoms. The molecule has 0 amide bonds. The summed E-state index contributed by atoms with van der Waals surface area (Å²) in [5, 5.41) is 0. The van der Waals surface area contributed by atoms with Gasteiger partial charge < -0.3 is 18.9 Å². The maximum absolute atomic E-state index is 12.9. The van der Waals surface area contributed by atoms with Crippen molar-refractivity contribution in [2.24, 2.45) is 0 Å². The summed E-state index contributed by atoms with van der Waals surface area (Å²) >= 11 is 0. The number of ether oxygens (including phenoxy) is 4. The van der Waals surface area contributed by atoms with Crippen molar-refractivity contribution in [1.82, 2.24) is 4.98 Å². The number of hydrogen-bond donors (Lipinski definition) is 1. The van der Waals surface area contributed by atoms with Crippen LogP contribution in [-0.2, 0) is 11.0 Å². The minimum Gasteiger partial charge on any atom is -0.497 e. The zero-order valence-electron chi connectivity index (χ0n) is 17.2. The van der Waals surface area contributed by atoms with Crippen LogP contribution in [0.5, 0.6) is 23.0 Å². The minimum absolute atomic E-state index is 0.0262. The van der Waals surface area contributed by atoms with Crippen LogP contribution in [0.2, 0.25) is 0 Å². The number of hydrogen-bond acceptors (Lipinski definition) is 6. The number of benzene rings is 2. The largest absolute Gasteiger partial charge is 0.573 e. The number of anilines is 1. The fourth-order valence-corrected chi connectivity index (χ4v) is 3.83. The van der Waals surface area contributed by atoms with Gasteiger partial charge in [-0.15, -0.1) is 13.2 Å². The van der Waals surface area contributed by atoms with E-state index in [1.807, 2.05) is 0 Å². The lowest BCUT2D eigenvalue weighted by molar-refractivity contribution is -0.274. The molecule has 0 aliphatic rings. The monoisotopic (exact) mass is 468 g/mol. The molecule has 0 radical (unpaired) electrons. The van der Waals surface area contributed by atoms with Gasteiger partial charge in [0, 0.05) is 29.5 Å². The fraction of sp³-hybridized carbons (Fsp3) is 0.190. The van der Waals surface area contributed by atoms with Crippen molar-refractivity contribution in [3.8, 4) is 34.1 Å². The van der Waals surface area contributed by atoms with Crippen molar-refractivity contribution in [1.29, 1.82) is 0 Å². The zero-order chi connectivity index (χ0) is 23.3. The fourth-order valence-electron chi connectivity index (χ4n) is 2.84. The second-order valence-electron chi connectivity index (χ2n) is 6.26. The molecule has 0 saturated carbocycles. The molecular weight excluding hydrogens is 449 g/mol. The number of methoxy groups -OCH3 is 3. The molecule has 0 fully saturated rings. The van der Waals surface area contributed by atoms with Gasteiger partial charge in [0.2, 0.25) is 0 Å². The first-order valence-electron chi connectivity index (χ1n) is 9.03. The number of pyridine rings is 1. The predicted molar refractivity (Wildman–Crippen MR) is 112 cm³/mol. The summed E-state index contributed by atoms with van der Waals surface area (Å²) in [5.41, 5.74) is 1.74. The maximum Gasteiger partial charge on any atom is 0.573 e. The summed E-state index contributed by atoms with van der Waals surface area (Å²) in [6.45, 7) is 0. The van der Waals surface area contributed by atoms with Crippen LogP contribution in [0.15, 0.2) is 59.8 Å². The Kier molecular flexibility index (Phi) is 7.08. The number of alkyl halides is 3. The highest BCUT2D eigenvalue weighted by Gasteiger charge is 2.31. The van der Waals surface area contributed by atoms with Gasteiger partial charge in [-0.25, -0.2) is 4.21 Å². The molecular formula is C21H19F3N2O5S. The van der Waals surface area contributed by atoms with Crippen LogP contribution in [0.3, 0.4) is 0 Å². The third-order valence-corrected chi connectivity index (χ3v) is 5.38. The molecule has 1 aromatic heterocycles. The van der Waals surface area contributed by atoms with E-state index < -0.39 is 23.1 Å². The second-order valence-corrected chi connectivity index (χ2v) is 7.44. The quantitative estimate of drug-likeness (QED) is 0.511. The number of halogens is 3. The molecule has 0 spiro atoms. The molecule has 0 aliphatic carbocycles. The summed E-state index contributed by atoms with van der Waals surface area (Å²) in [5.74, 6) is 0.773. The van der Waals surface area contributed by atoms with Crippen LogP contribution in [0, 0.1) is 0 Å². The lowest BCUT2D eigenvalue weighted by Gasteiger charge is -2.14. The predicted octanol–water partition coefficient (Wildman–Crippen LogP) is 4.81. The molecule has 2 aromatic carbocycles. The van der Waals surface area contributed by atoms with E-state index in [4.69, 9.17) is 14.2 Å². The van der Waals surface area contributed by atoms with E-state index in [9.17, 15) is 17.4 Å². The molecule has 1 unspecified atom stereocenters. The first-order chi connectivity index (χ1) is 15.2. The summed E-state index contributed by atoms with van der Waals surface area (Å²) in [7, 11) is 2.40. The smallest absolute Gasteiger partial charge is 0.497 e. The van der Waals surface area contributed by atoms with Crippen molar-refractivity contribution in [3.05, 3.63) is 54.9 Å². The van der Waals surface area contributed by atoms with Gasteiger partial charge in [-0.05, 0) is 30.3 Å². The maximum atomic E-state index is 12.9. The SMILES string of the molecule is COc1ccc(-c2cncc(NS(=O)c3cc(OC(F)(F)F)ccc3OC)c2)c(OC)c1. The number of aromatic nitrogens is 1. The van der Waals surface area contributed by atoms with Gasteiger partial charge in [0.15, 0.2) is 11.0 Å². The molecule has 7 nitrogen and oxygen atoms in total. The van der Waals surface area contributed by atoms with Gasteiger partial charge >= 0.3 is 6.36 Å². The number of rotatable bonds is 8. The van der Waals surface area contributed by atoms with E-state index in [-0.39, 0.29) is 10.6 Å². The standard InChI is InChI=1S/C21H19F3N2O5S/c1-28-15-4-6-17(19(9-15)30-3)13-8-14(12-25-11-13)26-32(27)20-10-16(31-21(22,23)24)5-7-18(20)29-2/h4-12,26H,1-3H3. The van der Waals surface area contributed by atoms with Crippen molar-refractivity contribution >= 4 is 16.7 Å². The van der Waals surface area contributed by atoms with Crippen molar-refractivity contribution in [2.75, 3.05) is 26.1 Å². The Hall–Kier alpha value is -3.47. The van der Waals surface area contributed by atoms with Crippen LogP contribution in [0.4, 0.5) is 18.9 Å². The normalized spacial score (nSPS) is 12.1. The minimum atomic E-state index is -4.88. The highest BCUT2D eigenvalue weighted by Crippen LogP contribution is 2.35. The van der Waals surface area contributed by atoms with E-state index in [0.717, 1.165) is 12.1 Å². The lowest BCUT2D eigenvalue weighted by Crippen LogP contribution is -2.17. The van der Waals surface area contributed by atoms with E-state index in [1.54, 1.807) is 37.6 Å². The molecule has 1 heterocycles.